The summed E-state index contributed by atoms with van der Waals surface area (Å²) in [6.07, 6.45) is 2.71. The van der Waals surface area contributed by atoms with E-state index in [0.717, 1.165) is 34.2 Å². The van der Waals surface area contributed by atoms with Crippen LogP contribution in [0.5, 0.6) is 11.6 Å². The molecular weight excluding hydrogens is 424 g/mol. The molecule has 0 radical (unpaired) electrons. The van der Waals surface area contributed by atoms with Gasteiger partial charge in [-0.25, -0.2) is 4.98 Å². The van der Waals surface area contributed by atoms with E-state index in [1.54, 1.807) is 6.20 Å². The molecule has 23 heavy (non-hydrogen) atoms. The molecule has 0 aliphatic rings. The second kappa shape index (κ2) is 9.90. The van der Waals surface area contributed by atoms with Crippen LogP contribution in [0.4, 0.5) is 0 Å². The molecule has 0 aliphatic carbocycles. The van der Waals surface area contributed by atoms with Crippen molar-refractivity contribution < 1.29 is 9.47 Å². The van der Waals surface area contributed by atoms with Gasteiger partial charge in [0.1, 0.15) is 12.4 Å². The monoisotopic (exact) mass is 442 g/mol. The Balaban J connectivity index is 1.77. The summed E-state index contributed by atoms with van der Waals surface area (Å²) in [5, 5.41) is 3.35. The number of pyridine rings is 1. The number of hydrogen-bond acceptors (Lipinski definition) is 4. The van der Waals surface area contributed by atoms with E-state index in [1.165, 1.54) is 5.56 Å². The van der Waals surface area contributed by atoms with Gasteiger partial charge in [0.2, 0.25) is 5.88 Å². The number of halogens is 2. The van der Waals surface area contributed by atoms with Crippen molar-refractivity contribution in [3.05, 3.63) is 51.0 Å². The normalized spacial score (nSPS) is 10.6. The van der Waals surface area contributed by atoms with Gasteiger partial charge >= 0.3 is 0 Å². The first kappa shape index (κ1) is 18.2. The molecule has 1 aromatic heterocycles. The fourth-order valence-electron chi connectivity index (χ4n) is 1.95. The maximum absolute atomic E-state index is 5.72. The van der Waals surface area contributed by atoms with Crippen LogP contribution in [0.2, 0.25) is 0 Å². The van der Waals surface area contributed by atoms with Crippen molar-refractivity contribution in [3.8, 4) is 11.6 Å². The lowest BCUT2D eigenvalue weighted by molar-refractivity contribution is 0.302. The van der Waals surface area contributed by atoms with Crippen LogP contribution in [0.25, 0.3) is 0 Å². The lowest BCUT2D eigenvalue weighted by Crippen LogP contribution is -2.20. The van der Waals surface area contributed by atoms with Crippen molar-refractivity contribution in [2.24, 2.45) is 0 Å². The summed E-state index contributed by atoms with van der Waals surface area (Å²) in [4.78, 5) is 4.12. The molecule has 1 N–H and O–H groups in total. The Morgan fingerprint density at radius 3 is 2.52 bits per heavy atom. The highest BCUT2D eigenvalue weighted by molar-refractivity contribution is 9.11. The minimum atomic E-state index is 0.580. The molecule has 0 spiro atoms. The maximum atomic E-state index is 5.72. The minimum Gasteiger partial charge on any atom is -0.491 e. The first-order valence-electron chi connectivity index (χ1n) is 7.56. The average Bonchev–Trinajstić information content (AvgIpc) is 2.55. The predicted octanol–water partition coefficient (Wildman–Crippen LogP) is 4.56. The zero-order chi connectivity index (χ0) is 16.5. The highest BCUT2D eigenvalue weighted by atomic mass is 79.9. The second-order valence-electron chi connectivity index (χ2n) is 4.93. The van der Waals surface area contributed by atoms with Crippen molar-refractivity contribution >= 4 is 31.9 Å². The Hall–Kier alpha value is -1.11. The van der Waals surface area contributed by atoms with Gasteiger partial charge in [0.25, 0.3) is 0 Å². The van der Waals surface area contributed by atoms with Crippen LogP contribution in [0, 0.1) is 0 Å². The molecule has 4 nitrogen and oxygen atoms in total. The lowest BCUT2D eigenvalue weighted by atomic mass is 10.2. The summed E-state index contributed by atoms with van der Waals surface area (Å²) in [7, 11) is 0. The lowest BCUT2D eigenvalue weighted by Gasteiger charge is -2.12. The van der Waals surface area contributed by atoms with E-state index in [4.69, 9.17) is 9.47 Å². The molecule has 0 atom stereocenters. The van der Waals surface area contributed by atoms with Gasteiger partial charge < -0.3 is 14.8 Å². The molecule has 2 aromatic rings. The minimum absolute atomic E-state index is 0.580. The van der Waals surface area contributed by atoms with Crippen molar-refractivity contribution in [1.82, 2.24) is 10.3 Å². The molecule has 0 fully saturated rings. The Morgan fingerprint density at radius 1 is 1.09 bits per heavy atom. The topological polar surface area (TPSA) is 43.4 Å². The number of hydrogen-bond donors (Lipinski definition) is 1. The van der Waals surface area contributed by atoms with Crippen molar-refractivity contribution in [1.29, 1.82) is 0 Å². The van der Waals surface area contributed by atoms with E-state index < -0.39 is 0 Å². The summed E-state index contributed by atoms with van der Waals surface area (Å²) in [6.45, 7) is 4.89. The van der Waals surface area contributed by atoms with Gasteiger partial charge in [-0.15, -0.1) is 0 Å². The summed E-state index contributed by atoms with van der Waals surface area (Å²) < 4.78 is 13.2. The van der Waals surface area contributed by atoms with Gasteiger partial charge in [-0.2, -0.15) is 0 Å². The van der Waals surface area contributed by atoms with E-state index >= 15 is 0 Å². The van der Waals surface area contributed by atoms with E-state index in [-0.39, 0.29) is 0 Å². The molecule has 0 unspecified atom stereocenters. The molecule has 0 bridgehead atoms. The van der Waals surface area contributed by atoms with Crippen LogP contribution in [0.3, 0.4) is 0 Å². The number of nitrogens with zero attached hydrogens (tertiary/aromatic N) is 1. The van der Waals surface area contributed by atoms with Crippen LogP contribution in [0.15, 0.2) is 45.5 Å². The molecule has 124 valence electrons. The predicted molar refractivity (Wildman–Crippen MR) is 99.1 cm³/mol. The summed E-state index contributed by atoms with van der Waals surface area (Å²) in [5.74, 6) is 1.51. The molecule has 1 aromatic carbocycles. The van der Waals surface area contributed by atoms with E-state index in [1.807, 2.05) is 18.2 Å². The quantitative estimate of drug-likeness (QED) is 0.576. The zero-order valence-electron chi connectivity index (χ0n) is 13.0. The average molecular weight is 444 g/mol. The van der Waals surface area contributed by atoms with Gasteiger partial charge in [0, 0.05) is 25.4 Å². The molecule has 2 rings (SSSR count). The van der Waals surface area contributed by atoms with Crippen LogP contribution >= 0.6 is 31.9 Å². The molecule has 0 saturated carbocycles. The SMILES string of the molecule is CCCOc1c(Br)cc(CNCCOc2ccccn2)cc1Br. The van der Waals surface area contributed by atoms with E-state index in [9.17, 15) is 0 Å². The van der Waals surface area contributed by atoms with Crippen molar-refractivity contribution in [2.75, 3.05) is 19.8 Å². The fraction of sp³-hybridized carbons (Fsp3) is 0.353. The van der Waals surface area contributed by atoms with Gasteiger partial charge in [-0.1, -0.05) is 13.0 Å². The fourth-order valence-corrected chi connectivity index (χ4v) is 3.46. The third-order valence-electron chi connectivity index (χ3n) is 3.00. The Morgan fingerprint density at radius 2 is 1.87 bits per heavy atom. The van der Waals surface area contributed by atoms with E-state index in [2.05, 4.69) is 61.2 Å². The molecule has 0 amide bonds. The Bertz CT molecular complexity index is 586. The number of rotatable bonds is 9. The third kappa shape index (κ3) is 6.12. The van der Waals surface area contributed by atoms with Crippen LogP contribution in [-0.2, 0) is 6.54 Å². The first-order valence-corrected chi connectivity index (χ1v) is 9.14. The maximum Gasteiger partial charge on any atom is 0.213 e. The highest BCUT2D eigenvalue weighted by Gasteiger charge is 2.08. The number of ether oxygens (including phenoxy) is 2. The standard InChI is InChI=1S/C17H20Br2N2O2/c1-2-8-23-17-14(18)10-13(11-15(17)19)12-20-7-9-22-16-5-3-4-6-21-16/h3-6,10-11,20H,2,7-9,12H2,1H3. The Labute approximate surface area is 153 Å². The highest BCUT2D eigenvalue weighted by Crippen LogP contribution is 2.34. The van der Waals surface area contributed by atoms with Gasteiger partial charge in [0.15, 0.2) is 0 Å². The van der Waals surface area contributed by atoms with Gasteiger partial charge in [0.05, 0.1) is 15.6 Å². The molecule has 1 heterocycles. The number of aromatic nitrogens is 1. The largest absolute Gasteiger partial charge is 0.491 e. The van der Waals surface area contributed by atoms with Gasteiger partial charge in [-0.3, -0.25) is 0 Å². The number of nitrogens with one attached hydrogen (secondary N) is 1. The smallest absolute Gasteiger partial charge is 0.213 e. The van der Waals surface area contributed by atoms with Crippen LogP contribution < -0.4 is 14.8 Å². The molecule has 0 saturated heterocycles. The zero-order valence-corrected chi connectivity index (χ0v) is 16.2. The van der Waals surface area contributed by atoms with Gasteiger partial charge in [-0.05, 0) is 62.0 Å². The van der Waals surface area contributed by atoms with E-state index in [0.29, 0.717) is 19.1 Å². The number of benzene rings is 1. The molecular formula is C17H20Br2N2O2. The summed E-state index contributed by atoms with van der Waals surface area (Å²) in [5.41, 5.74) is 1.17. The molecule has 0 aliphatic heterocycles. The first-order chi connectivity index (χ1) is 11.2. The van der Waals surface area contributed by atoms with Crippen molar-refractivity contribution in [2.45, 2.75) is 19.9 Å². The van der Waals surface area contributed by atoms with Crippen molar-refractivity contribution in [3.63, 3.8) is 0 Å². The third-order valence-corrected chi connectivity index (χ3v) is 4.18. The molecule has 6 heteroatoms. The van der Waals surface area contributed by atoms with Crippen LogP contribution in [0.1, 0.15) is 18.9 Å². The van der Waals surface area contributed by atoms with Crippen LogP contribution in [-0.4, -0.2) is 24.7 Å². The Kier molecular flexibility index (Phi) is 7.85. The summed E-state index contributed by atoms with van der Waals surface area (Å²) in [6, 6.07) is 9.77. The second-order valence-corrected chi connectivity index (χ2v) is 6.64. The summed E-state index contributed by atoms with van der Waals surface area (Å²) >= 11 is 7.13.